The van der Waals surface area contributed by atoms with E-state index in [1.165, 1.54) is 18.5 Å². The average molecular weight is 287 g/mol. The second-order valence-corrected chi connectivity index (χ2v) is 5.60. The molecule has 0 aliphatic carbocycles. The van der Waals surface area contributed by atoms with Gasteiger partial charge in [-0.05, 0) is 38.2 Å². The zero-order chi connectivity index (χ0) is 12.0. The van der Waals surface area contributed by atoms with Crippen LogP contribution < -0.4 is 0 Å². The summed E-state index contributed by atoms with van der Waals surface area (Å²) in [5.74, 6) is 0. The molecule has 0 amide bonds. The second-order valence-electron chi connectivity index (χ2n) is 4.30. The van der Waals surface area contributed by atoms with Crippen molar-refractivity contribution in [1.82, 2.24) is 9.78 Å². The van der Waals surface area contributed by atoms with Gasteiger partial charge in [0.05, 0.1) is 11.7 Å². The molecule has 0 radical (unpaired) electrons. The van der Waals surface area contributed by atoms with Crippen molar-refractivity contribution in [3.05, 3.63) is 18.0 Å². The topological polar surface area (TPSA) is 17.8 Å². The maximum Gasteiger partial charge on any atom is 0.0625 e. The first kappa shape index (κ1) is 13.8. The molecule has 0 N–H and O–H groups in total. The summed E-state index contributed by atoms with van der Waals surface area (Å²) in [4.78, 5) is 0.630. The maximum atomic E-state index is 4.65. The Hall–Kier alpha value is -0.310. The summed E-state index contributed by atoms with van der Waals surface area (Å²) >= 11 is 3.66. The zero-order valence-corrected chi connectivity index (χ0v) is 12.2. The van der Waals surface area contributed by atoms with Gasteiger partial charge in [-0.25, -0.2) is 0 Å². The van der Waals surface area contributed by atoms with Gasteiger partial charge in [0.25, 0.3) is 0 Å². The molecule has 1 atom stereocenters. The zero-order valence-electron chi connectivity index (χ0n) is 10.6. The van der Waals surface area contributed by atoms with Gasteiger partial charge in [0, 0.05) is 11.0 Å². The highest BCUT2D eigenvalue weighted by Gasteiger charge is 2.08. The standard InChI is InChI=1S/C13H23BrN2/c1-4-11(14)7-8-12-9-10-16(15-12)13(5-2)6-3/h9-11,13H,4-8H2,1-3H3. The van der Waals surface area contributed by atoms with Gasteiger partial charge in [-0.15, -0.1) is 0 Å². The Morgan fingerprint density at radius 2 is 1.94 bits per heavy atom. The minimum Gasteiger partial charge on any atom is -0.269 e. The molecule has 0 spiro atoms. The van der Waals surface area contributed by atoms with Crippen molar-refractivity contribution < 1.29 is 0 Å². The molecule has 3 heteroatoms. The predicted molar refractivity (Wildman–Crippen MR) is 73.2 cm³/mol. The number of aryl methyl sites for hydroxylation is 1. The Kier molecular flexibility index (Phi) is 6.10. The third-order valence-electron chi connectivity index (χ3n) is 3.14. The number of nitrogens with zero attached hydrogens (tertiary/aromatic N) is 2. The van der Waals surface area contributed by atoms with E-state index in [0.29, 0.717) is 10.9 Å². The first-order valence-corrected chi connectivity index (χ1v) is 7.30. The molecule has 1 aromatic heterocycles. The van der Waals surface area contributed by atoms with Crippen LogP contribution >= 0.6 is 15.9 Å². The number of hydrogen-bond donors (Lipinski definition) is 0. The molecule has 0 saturated heterocycles. The molecule has 2 nitrogen and oxygen atoms in total. The van der Waals surface area contributed by atoms with E-state index in [2.05, 4.69) is 58.7 Å². The van der Waals surface area contributed by atoms with Gasteiger partial charge in [0.15, 0.2) is 0 Å². The average Bonchev–Trinajstić information content (AvgIpc) is 2.76. The lowest BCUT2D eigenvalue weighted by molar-refractivity contribution is 0.425. The van der Waals surface area contributed by atoms with Gasteiger partial charge >= 0.3 is 0 Å². The number of halogens is 1. The van der Waals surface area contributed by atoms with Gasteiger partial charge in [0.2, 0.25) is 0 Å². The molecule has 1 unspecified atom stereocenters. The molecule has 1 aromatic rings. The lowest BCUT2D eigenvalue weighted by Crippen LogP contribution is -2.08. The Labute approximate surface area is 108 Å². The van der Waals surface area contributed by atoms with Crippen LogP contribution in [-0.2, 0) is 6.42 Å². The highest BCUT2D eigenvalue weighted by Crippen LogP contribution is 2.16. The van der Waals surface area contributed by atoms with E-state index < -0.39 is 0 Å². The molecule has 0 aliphatic heterocycles. The predicted octanol–water partition coefficient (Wildman–Crippen LogP) is 4.35. The molecular formula is C13H23BrN2. The summed E-state index contributed by atoms with van der Waals surface area (Å²) in [6.45, 7) is 6.66. The van der Waals surface area contributed by atoms with E-state index in [1.54, 1.807) is 0 Å². The van der Waals surface area contributed by atoms with Crippen LogP contribution in [0.5, 0.6) is 0 Å². The molecule has 0 aliphatic rings. The van der Waals surface area contributed by atoms with Crippen LogP contribution in [0.25, 0.3) is 0 Å². The highest BCUT2D eigenvalue weighted by molar-refractivity contribution is 9.09. The summed E-state index contributed by atoms with van der Waals surface area (Å²) in [7, 11) is 0. The second kappa shape index (κ2) is 7.10. The van der Waals surface area contributed by atoms with Gasteiger partial charge < -0.3 is 0 Å². The number of aromatic nitrogens is 2. The Balaban J connectivity index is 2.51. The number of alkyl halides is 1. The molecule has 0 aromatic carbocycles. The van der Waals surface area contributed by atoms with Gasteiger partial charge in [0.1, 0.15) is 0 Å². The van der Waals surface area contributed by atoms with Crippen LogP contribution in [0.4, 0.5) is 0 Å². The van der Waals surface area contributed by atoms with E-state index in [9.17, 15) is 0 Å². The molecule has 0 saturated carbocycles. The number of rotatable bonds is 7. The summed E-state index contributed by atoms with van der Waals surface area (Å²) in [5.41, 5.74) is 1.23. The molecule has 1 heterocycles. The highest BCUT2D eigenvalue weighted by atomic mass is 79.9. The van der Waals surface area contributed by atoms with Gasteiger partial charge in [-0.1, -0.05) is 36.7 Å². The first-order valence-electron chi connectivity index (χ1n) is 6.39. The lowest BCUT2D eigenvalue weighted by Gasteiger charge is -2.12. The van der Waals surface area contributed by atoms with Crippen molar-refractivity contribution in [2.24, 2.45) is 0 Å². The fraction of sp³-hybridized carbons (Fsp3) is 0.769. The van der Waals surface area contributed by atoms with Crippen molar-refractivity contribution in [3.8, 4) is 0 Å². The van der Waals surface area contributed by atoms with Gasteiger partial charge in [-0.3, -0.25) is 4.68 Å². The molecule has 1 rings (SSSR count). The molecule has 16 heavy (non-hydrogen) atoms. The lowest BCUT2D eigenvalue weighted by atomic mass is 10.2. The maximum absolute atomic E-state index is 4.65. The minimum atomic E-state index is 0.569. The monoisotopic (exact) mass is 286 g/mol. The molecule has 0 bridgehead atoms. The van der Waals surface area contributed by atoms with Crippen molar-refractivity contribution in [2.45, 2.75) is 63.7 Å². The number of hydrogen-bond acceptors (Lipinski definition) is 1. The Morgan fingerprint density at radius 3 is 2.50 bits per heavy atom. The van der Waals surface area contributed by atoms with E-state index in [0.717, 1.165) is 19.3 Å². The fourth-order valence-corrected chi connectivity index (χ4v) is 2.11. The summed E-state index contributed by atoms with van der Waals surface area (Å²) in [6.07, 6.45) is 7.89. The van der Waals surface area contributed by atoms with E-state index >= 15 is 0 Å². The first-order chi connectivity index (χ1) is 7.71. The minimum absolute atomic E-state index is 0.569. The Bertz CT molecular complexity index is 292. The van der Waals surface area contributed by atoms with E-state index in [1.807, 2.05) is 0 Å². The summed E-state index contributed by atoms with van der Waals surface area (Å²) < 4.78 is 2.13. The van der Waals surface area contributed by atoms with E-state index in [-0.39, 0.29) is 0 Å². The summed E-state index contributed by atoms with van der Waals surface area (Å²) in [6, 6.07) is 2.73. The smallest absolute Gasteiger partial charge is 0.0625 e. The summed E-state index contributed by atoms with van der Waals surface area (Å²) in [5, 5.41) is 4.65. The van der Waals surface area contributed by atoms with Crippen molar-refractivity contribution >= 4 is 15.9 Å². The van der Waals surface area contributed by atoms with Crippen LogP contribution in [0.1, 0.15) is 58.2 Å². The van der Waals surface area contributed by atoms with Crippen molar-refractivity contribution in [1.29, 1.82) is 0 Å². The third kappa shape index (κ3) is 3.93. The van der Waals surface area contributed by atoms with Crippen LogP contribution in [-0.4, -0.2) is 14.6 Å². The SMILES string of the molecule is CCC(Br)CCc1ccn(C(CC)CC)n1. The largest absolute Gasteiger partial charge is 0.269 e. The van der Waals surface area contributed by atoms with Crippen molar-refractivity contribution in [3.63, 3.8) is 0 Å². The van der Waals surface area contributed by atoms with Crippen LogP contribution in [0.15, 0.2) is 12.3 Å². The third-order valence-corrected chi connectivity index (χ3v) is 4.24. The van der Waals surface area contributed by atoms with Crippen LogP contribution in [0.3, 0.4) is 0 Å². The van der Waals surface area contributed by atoms with Crippen LogP contribution in [0.2, 0.25) is 0 Å². The molecular weight excluding hydrogens is 264 g/mol. The van der Waals surface area contributed by atoms with Gasteiger partial charge in [-0.2, -0.15) is 5.10 Å². The Morgan fingerprint density at radius 1 is 1.25 bits per heavy atom. The van der Waals surface area contributed by atoms with E-state index in [4.69, 9.17) is 0 Å². The molecule has 0 fully saturated rings. The van der Waals surface area contributed by atoms with Crippen LogP contribution in [0, 0.1) is 0 Å². The normalized spacial score (nSPS) is 13.3. The van der Waals surface area contributed by atoms with Crippen molar-refractivity contribution in [2.75, 3.05) is 0 Å². The molecule has 92 valence electrons. The fourth-order valence-electron chi connectivity index (χ4n) is 1.89. The quantitative estimate of drug-likeness (QED) is 0.682.